The molecule has 4 aliphatic rings. The van der Waals surface area contributed by atoms with Crippen LogP contribution in [0.2, 0.25) is 0 Å². The predicted octanol–water partition coefficient (Wildman–Crippen LogP) is 10.8. The van der Waals surface area contributed by atoms with Crippen LogP contribution in [0, 0.1) is 46.3 Å². The van der Waals surface area contributed by atoms with E-state index in [1.54, 1.807) is 5.57 Å². The van der Waals surface area contributed by atoms with Crippen LogP contribution in [0.1, 0.15) is 105 Å². The Kier molecular flexibility index (Phi) is 8.02. The van der Waals surface area contributed by atoms with Gasteiger partial charge in [0.25, 0.3) is 0 Å². The van der Waals surface area contributed by atoms with E-state index in [4.69, 9.17) is 4.74 Å². The lowest BCUT2D eigenvalue weighted by atomic mass is 9.47. The summed E-state index contributed by atoms with van der Waals surface area (Å²) in [7, 11) is 0. The second-order valence-corrected chi connectivity index (χ2v) is 15.2. The zero-order chi connectivity index (χ0) is 28.8. The maximum Gasteiger partial charge on any atom is 0.411 e. The molecule has 2 aromatic rings. The first-order valence-electron chi connectivity index (χ1n) is 16.8. The van der Waals surface area contributed by atoms with Crippen molar-refractivity contribution < 1.29 is 9.53 Å². The lowest BCUT2D eigenvalue weighted by Gasteiger charge is -2.58. The number of carbonyl (C=O) groups excluding carboxylic acids is 1. The number of hydrogen-bond donors (Lipinski definition) is 1. The van der Waals surface area contributed by atoms with Crippen molar-refractivity contribution in [3.05, 3.63) is 54.1 Å². The first kappa shape index (κ1) is 28.8. The Hall–Kier alpha value is -2.29. The summed E-state index contributed by atoms with van der Waals surface area (Å²) < 4.78 is 6.02. The smallest absolute Gasteiger partial charge is 0.411 e. The maximum absolute atomic E-state index is 12.9. The van der Waals surface area contributed by atoms with Crippen molar-refractivity contribution in [3.63, 3.8) is 0 Å². The molecule has 2 aromatic carbocycles. The van der Waals surface area contributed by atoms with E-state index in [1.807, 2.05) is 24.3 Å². The summed E-state index contributed by atoms with van der Waals surface area (Å²) in [6.07, 6.45) is 16.4. The van der Waals surface area contributed by atoms with Gasteiger partial charge in [0, 0.05) is 12.1 Å². The molecule has 0 radical (unpaired) electrons. The highest BCUT2D eigenvalue weighted by Crippen LogP contribution is 2.67. The standard InChI is InChI=1S/C38H53NO2/c1-25(2)9-8-10-26(3)33-17-18-34-32-16-14-29-24-31(19-21-37(29,4)35(32)20-22-38(33,34)5)41-36(40)39-30-15-13-27-11-6-7-12-28(27)23-30/h6-7,11-15,23,25-26,31-35H,8-10,16-22,24H2,1-5H3,(H,39,40)/t26-,31+,32+,33-,34+,35+,37+,38-/m1/s1. The third-order valence-corrected chi connectivity index (χ3v) is 12.5. The van der Waals surface area contributed by atoms with Crippen molar-refractivity contribution in [2.75, 3.05) is 5.32 Å². The Morgan fingerprint density at radius 2 is 1.76 bits per heavy atom. The molecular formula is C38H53NO2. The van der Waals surface area contributed by atoms with Gasteiger partial charge in [-0.1, -0.05) is 95.9 Å². The quantitative estimate of drug-likeness (QED) is 0.345. The van der Waals surface area contributed by atoms with Crippen LogP contribution in [-0.2, 0) is 4.74 Å². The number of nitrogens with one attached hydrogen (secondary N) is 1. The largest absolute Gasteiger partial charge is 0.446 e. The highest BCUT2D eigenvalue weighted by molar-refractivity contribution is 5.91. The van der Waals surface area contributed by atoms with Gasteiger partial charge < -0.3 is 4.74 Å². The average molecular weight is 556 g/mol. The van der Waals surface area contributed by atoms with E-state index in [9.17, 15) is 4.79 Å². The van der Waals surface area contributed by atoms with Crippen molar-refractivity contribution in [2.45, 2.75) is 111 Å². The number of ether oxygens (including phenoxy) is 1. The number of amides is 1. The first-order valence-corrected chi connectivity index (χ1v) is 16.8. The van der Waals surface area contributed by atoms with E-state index in [0.29, 0.717) is 5.41 Å². The van der Waals surface area contributed by atoms with Crippen LogP contribution in [0.15, 0.2) is 54.1 Å². The number of carbonyl (C=O) groups is 1. The molecule has 0 spiro atoms. The van der Waals surface area contributed by atoms with Gasteiger partial charge >= 0.3 is 6.09 Å². The van der Waals surface area contributed by atoms with Crippen molar-refractivity contribution in [1.29, 1.82) is 0 Å². The zero-order valence-corrected chi connectivity index (χ0v) is 26.3. The summed E-state index contributed by atoms with van der Waals surface area (Å²) in [5.41, 5.74) is 3.18. The van der Waals surface area contributed by atoms with Gasteiger partial charge in [-0.25, -0.2) is 4.79 Å². The molecule has 8 atom stereocenters. The van der Waals surface area contributed by atoms with Gasteiger partial charge in [0.1, 0.15) is 6.10 Å². The number of hydrogen-bond acceptors (Lipinski definition) is 2. The fourth-order valence-electron chi connectivity index (χ4n) is 10.3. The Morgan fingerprint density at radius 1 is 0.951 bits per heavy atom. The number of benzene rings is 2. The van der Waals surface area contributed by atoms with Crippen LogP contribution >= 0.6 is 0 Å². The minimum absolute atomic E-state index is 0.0252. The summed E-state index contributed by atoms with van der Waals surface area (Å²) in [5.74, 6) is 5.11. The summed E-state index contributed by atoms with van der Waals surface area (Å²) in [6.45, 7) is 12.5. The molecule has 0 bridgehead atoms. The molecule has 3 heteroatoms. The number of allylic oxidation sites excluding steroid dienone is 1. The van der Waals surface area contributed by atoms with E-state index >= 15 is 0 Å². The van der Waals surface area contributed by atoms with Crippen LogP contribution in [0.3, 0.4) is 0 Å². The van der Waals surface area contributed by atoms with Gasteiger partial charge in [-0.15, -0.1) is 0 Å². The van der Waals surface area contributed by atoms with E-state index < -0.39 is 0 Å². The zero-order valence-electron chi connectivity index (χ0n) is 26.3. The molecular weight excluding hydrogens is 502 g/mol. The third kappa shape index (κ3) is 5.48. The number of anilines is 1. The molecule has 0 aliphatic heterocycles. The lowest BCUT2D eigenvalue weighted by molar-refractivity contribution is -0.0577. The summed E-state index contributed by atoms with van der Waals surface area (Å²) in [5, 5.41) is 5.29. The van der Waals surface area contributed by atoms with Gasteiger partial charge in [-0.05, 0) is 114 Å². The molecule has 0 saturated heterocycles. The molecule has 0 unspecified atom stereocenters. The van der Waals surface area contributed by atoms with Crippen LogP contribution in [0.4, 0.5) is 10.5 Å². The number of rotatable bonds is 7. The normalized spacial score (nSPS) is 35.3. The first-order chi connectivity index (χ1) is 19.7. The van der Waals surface area contributed by atoms with Gasteiger partial charge in [-0.2, -0.15) is 0 Å². The average Bonchev–Trinajstić information content (AvgIpc) is 3.30. The second-order valence-electron chi connectivity index (χ2n) is 15.2. The van der Waals surface area contributed by atoms with Crippen LogP contribution in [0.5, 0.6) is 0 Å². The minimum atomic E-state index is -0.323. The monoisotopic (exact) mass is 555 g/mol. The van der Waals surface area contributed by atoms with E-state index in [1.165, 1.54) is 56.8 Å². The Balaban J connectivity index is 1.08. The van der Waals surface area contributed by atoms with Gasteiger partial charge in [0.05, 0.1) is 0 Å². The number of fused-ring (bicyclic) bond motifs is 6. The predicted molar refractivity (Wildman–Crippen MR) is 171 cm³/mol. The summed E-state index contributed by atoms with van der Waals surface area (Å²) in [6, 6.07) is 14.3. The molecule has 3 fully saturated rings. The van der Waals surface area contributed by atoms with Crippen molar-refractivity contribution in [1.82, 2.24) is 0 Å². The Bertz CT molecular complexity index is 1280. The van der Waals surface area contributed by atoms with E-state index in [0.717, 1.165) is 65.8 Å². The van der Waals surface area contributed by atoms with Crippen molar-refractivity contribution >= 4 is 22.6 Å². The molecule has 3 nitrogen and oxygen atoms in total. The van der Waals surface area contributed by atoms with E-state index in [-0.39, 0.29) is 17.6 Å². The Morgan fingerprint density at radius 3 is 2.56 bits per heavy atom. The molecule has 0 heterocycles. The SMILES string of the molecule is CC(C)CCC[C@@H](C)[C@H]1CC[C@H]2[C@@H]3CC=C4C[C@@H](OC(=O)Nc5ccc6ccccc6c5)CC[C@]4(C)[C@H]3CC[C@]12C. The Labute approximate surface area is 248 Å². The fourth-order valence-corrected chi connectivity index (χ4v) is 10.3. The third-order valence-electron chi connectivity index (χ3n) is 12.5. The molecule has 1 amide bonds. The van der Waals surface area contributed by atoms with Gasteiger partial charge in [0.15, 0.2) is 0 Å². The second kappa shape index (κ2) is 11.4. The molecule has 1 N–H and O–H groups in total. The van der Waals surface area contributed by atoms with Gasteiger partial charge in [0.2, 0.25) is 0 Å². The molecule has 222 valence electrons. The maximum atomic E-state index is 12.9. The molecule has 3 saturated carbocycles. The van der Waals surface area contributed by atoms with Crippen molar-refractivity contribution in [3.8, 4) is 0 Å². The van der Waals surface area contributed by atoms with E-state index in [2.05, 4.69) is 64.2 Å². The molecule has 0 aromatic heterocycles. The van der Waals surface area contributed by atoms with Crippen LogP contribution < -0.4 is 5.32 Å². The minimum Gasteiger partial charge on any atom is -0.446 e. The topological polar surface area (TPSA) is 38.3 Å². The highest BCUT2D eigenvalue weighted by Gasteiger charge is 2.59. The fraction of sp³-hybridized carbons (Fsp3) is 0.658. The summed E-state index contributed by atoms with van der Waals surface area (Å²) >= 11 is 0. The summed E-state index contributed by atoms with van der Waals surface area (Å²) in [4.78, 5) is 12.9. The highest BCUT2D eigenvalue weighted by atomic mass is 16.6. The van der Waals surface area contributed by atoms with Crippen LogP contribution in [-0.4, -0.2) is 12.2 Å². The molecule has 4 aliphatic carbocycles. The lowest BCUT2D eigenvalue weighted by Crippen LogP contribution is -2.51. The molecule has 41 heavy (non-hydrogen) atoms. The van der Waals surface area contributed by atoms with Crippen LogP contribution in [0.25, 0.3) is 10.8 Å². The van der Waals surface area contributed by atoms with Gasteiger partial charge in [-0.3, -0.25) is 5.32 Å². The van der Waals surface area contributed by atoms with Crippen molar-refractivity contribution in [2.24, 2.45) is 46.3 Å². The molecule has 6 rings (SSSR count).